The zero-order valence-corrected chi connectivity index (χ0v) is 14.4. The molecule has 2 rings (SSSR count). The maximum atomic E-state index is 12.6. The van der Waals surface area contributed by atoms with Crippen LogP contribution in [0.15, 0.2) is 48.5 Å². The van der Waals surface area contributed by atoms with Crippen LogP contribution in [0.4, 0.5) is 24.5 Å². The third-order valence-electron chi connectivity index (χ3n) is 3.75. The van der Waals surface area contributed by atoms with Gasteiger partial charge in [0.1, 0.15) is 0 Å². The van der Waals surface area contributed by atoms with Crippen LogP contribution in [-0.2, 0) is 15.8 Å². The fraction of sp³-hybridized carbons (Fsp3) is 0.263. The van der Waals surface area contributed by atoms with Gasteiger partial charge in [-0.1, -0.05) is 12.1 Å². The molecule has 0 saturated heterocycles. The highest BCUT2D eigenvalue weighted by molar-refractivity contribution is 5.94. The Morgan fingerprint density at radius 2 is 1.73 bits per heavy atom. The topological polar surface area (TPSA) is 49.4 Å². The van der Waals surface area contributed by atoms with Crippen LogP contribution in [0.1, 0.15) is 24.5 Å². The second-order valence-electron chi connectivity index (χ2n) is 5.88. The van der Waals surface area contributed by atoms with Gasteiger partial charge in [-0.3, -0.25) is 9.59 Å². The van der Waals surface area contributed by atoms with Crippen LogP contribution < -0.4 is 10.2 Å². The van der Waals surface area contributed by atoms with Crippen LogP contribution in [0, 0.1) is 6.92 Å². The quantitative estimate of drug-likeness (QED) is 0.855. The smallest absolute Gasteiger partial charge is 0.326 e. The Bertz CT molecular complexity index is 786. The van der Waals surface area contributed by atoms with Crippen molar-refractivity contribution < 1.29 is 22.8 Å². The molecule has 0 aliphatic heterocycles. The monoisotopic (exact) mass is 364 g/mol. The van der Waals surface area contributed by atoms with Crippen LogP contribution >= 0.6 is 0 Å². The van der Waals surface area contributed by atoms with Crippen molar-refractivity contribution in [3.63, 3.8) is 0 Å². The van der Waals surface area contributed by atoms with Crippen molar-refractivity contribution in [1.29, 1.82) is 0 Å². The van der Waals surface area contributed by atoms with Gasteiger partial charge in [-0.25, -0.2) is 0 Å². The van der Waals surface area contributed by atoms with E-state index in [1.54, 1.807) is 6.07 Å². The molecule has 2 amide bonds. The predicted molar refractivity (Wildman–Crippen MR) is 93.9 cm³/mol. The van der Waals surface area contributed by atoms with Gasteiger partial charge in [0, 0.05) is 31.3 Å². The van der Waals surface area contributed by atoms with Gasteiger partial charge < -0.3 is 10.2 Å². The number of hydrogen-bond acceptors (Lipinski definition) is 2. The van der Waals surface area contributed by atoms with E-state index in [1.807, 2.05) is 25.1 Å². The molecule has 7 heteroatoms. The van der Waals surface area contributed by atoms with Gasteiger partial charge in [-0.05, 0) is 48.9 Å². The van der Waals surface area contributed by atoms with Gasteiger partial charge in [0.25, 0.3) is 0 Å². The van der Waals surface area contributed by atoms with Gasteiger partial charge in [-0.15, -0.1) is 0 Å². The van der Waals surface area contributed by atoms with E-state index in [0.717, 1.165) is 17.7 Å². The first-order valence-corrected chi connectivity index (χ1v) is 7.98. The molecule has 0 fully saturated rings. The van der Waals surface area contributed by atoms with E-state index < -0.39 is 11.7 Å². The highest BCUT2D eigenvalue weighted by Crippen LogP contribution is 2.30. The van der Waals surface area contributed by atoms with E-state index in [2.05, 4.69) is 5.32 Å². The van der Waals surface area contributed by atoms with Crippen LogP contribution in [0.2, 0.25) is 0 Å². The summed E-state index contributed by atoms with van der Waals surface area (Å²) in [5, 5.41) is 2.73. The van der Waals surface area contributed by atoms with E-state index >= 15 is 0 Å². The molecule has 0 atom stereocenters. The fourth-order valence-electron chi connectivity index (χ4n) is 2.46. The first-order chi connectivity index (χ1) is 12.2. The highest BCUT2D eigenvalue weighted by Gasteiger charge is 2.30. The molecule has 2 aromatic carbocycles. The average molecular weight is 364 g/mol. The molecular formula is C19H19F3N2O2. The lowest BCUT2D eigenvalue weighted by Crippen LogP contribution is -2.32. The lowest BCUT2D eigenvalue weighted by Gasteiger charge is -2.21. The van der Waals surface area contributed by atoms with Crippen LogP contribution in [0.5, 0.6) is 0 Å². The van der Waals surface area contributed by atoms with Gasteiger partial charge in [-0.2, -0.15) is 13.2 Å². The lowest BCUT2D eigenvalue weighted by molar-refractivity contribution is -0.137. The van der Waals surface area contributed by atoms with Gasteiger partial charge >= 0.3 is 6.18 Å². The summed E-state index contributed by atoms with van der Waals surface area (Å²) < 4.78 is 37.9. The zero-order valence-electron chi connectivity index (χ0n) is 14.4. The van der Waals surface area contributed by atoms with Crippen molar-refractivity contribution in [2.24, 2.45) is 0 Å². The largest absolute Gasteiger partial charge is 0.416 e. The van der Waals surface area contributed by atoms with Gasteiger partial charge in [0.2, 0.25) is 11.8 Å². The Hall–Kier alpha value is -2.83. The first kappa shape index (κ1) is 19.5. The number of hydrogen-bond donors (Lipinski definition) is 1. The zero-order chi connectivity index (χ0) is 19.3. The maximum absolute atomic E-state index is 12.6. The Balaban J connectivity index is 2.02. The Morgan fingerprint density at radius 3 is 2.27 bits per heavy atom. The van der Waals surface area contributed by atoms with E-state index in [4.69, 9.17) is 0 Å². The van der Waals surface area contributed by atoms with Gasteiger partial charge in [0.05, 0.1) is 5.56 Å². The standard InChI is InChI=1S/C19H19F3N2O2/c1-13-4-3-5-16(12-13)23-18(26)10-11-24(14(2)25)17-8-6-15(7-9-17)19(20,21)22/h3-9,12H,10-11H2,1-2H3,(H,23,26). The van der Waals surface area contributed by atoms with Crippen molar-refractivity contribution in [2.45, 2.75) is 26.4 Å². The molecule has 1 N–H and O–H groups in total. The molecular weight excluding hydrogens is 345 g/mol. The fourth-order valence-corrected chi connectivity index (χ4v) is 2.46. The summed E-state index contributed by atoms with van der Waals surface area (Å²) in [6.07, 6.45) is -4.41. The second kappa shape index (κ2) is 8.03. The number of alkyl halides is 3. The number of benzene rings is 2. The van der Waals surface area contributed by atoms with E-state index in [-0.39, 0.29) is 24.8 Å². The maximum Gasteiger partial charge on any atom is 0.416 e. The molecule has 0 saturated carbocycles. The molecule has 0 aliphatic carbocycles. The summed E-state index contributed by atoms with van der Waals surface area (Å²) in [4.78, 5) is 25.2. The minimum absolute atomic E-state index is 0.0224. The number of carbonyl (C=O) groups excluding carboxylic acids is 2. The van der Waals surface area contributed by atoms with Gasteiger partial charge in [0.15, 0.2) is 0 Å². The predicted octanol–water partition coefficient (Wildman–Crippen LogP) is 4.40. The lowest BCUT2D eigenvalue weighted by atomic mass is 10.2. The summed E-state index contributed by atoms with van der Waals surface area (Å²) in [5.41, 5.74) is 1.17. The number of amides is 2. The van der Waals surface area contributed by atoms with E-state index in [9.17, 15) is 22.8 Å². The molecule has 0 heterocycles. The number of halogens is 3. The van der Waals surface area contributed by atoms with Crippen molar-refractivity contribution in [2.75, 3.05) is 16.8 Å². The summed E-state index contributed by atoms with van der Waals surface area (Å²) in [7, 11) is 0. The molecule has 0 unspecified atom stereocenters. The van der Waals surface area contributed by atoms with Crippen LogP contribution in [-0.4, -0.2) is 18.4 Å². The van der Waals surface area contributed by atoms with Crippen molar-refractivity contribution in [1.82, 2.24) is 0 Å². The van der Waals surface area contributed by atoms with Crippen LogP contribution in [0.3, 0.4) is 0 Å². The first-order valence-electron chi connectivity index (χ1n) is 7.98. The highest BCUT2D eigenvalue weighted by atomic mass is 19.4. The minimum Gasteiger partial charge on any atom is -0.326 e. The summed E-state index contributed by atoms with van der Waals surface area (Å²) in [6.45, 7) is 3.27. The summed E-state index contributed by atoms with van der Waals surface area (Å²) >= 11 is 0. The molecule has 4 nitrogen and oxygen atoms in total. The molecule has 0 bridgehead atoms. The number of carbonyl (C=O) groups is 2. The third kappa shape index (κ3) is 5.34. The number of anilines is 2. The molecule has 138 valence electrons. The molecule has 26 heavy (non-hydrogen) atoms. The normalized spacial score (nSPS) is 11.1. The molecule has 0 radical (unpaired) electrons. The average Bonchev–Trinajstić information content (AvgIpc) is 2.54. The SMILES string of the molecule is CC(=O)N(CCC(=O)Nc1cccc(C)c1)c1ccc(C(F)(F)F)cc1. The van der Waals surface area contributed by atoms with Crippen molar-refractivity contribution in [3.8, 4) is 0 Å². The Labute approximate surface area is 149 Å². The Kier molecular flexibility index (Phi) is 6.02. The molecule has 0 spiro atoms. The summed E-state index contributed by atoms with van der Waals surface area (Å²) in [5.74, 6) is -0.637. The van der Waals surface area contributed by atoms with E-state index in [1.165, 1.54) is 24.0 Å². The minimum atomic E-state index is -4.44. The van der Waals surface area contributed by atoms with E-state index in [0.29, 0.717) is 11.4 Å². The molecule has 0 aromatic heterocycles. The van der Waals surface area contributed by atoms with Crippen LogP contribution in [0.25, 0.3) is 0 Å². The number of aryl methyl sites for hydroxylation is 1. The summed E-state index contributed by atoms with van der Waals surface area (Å²) in [6, 6.07) is 11.6. The number of nitrogens with zero attached hydrogens (tertiary/aromatic N) is 1. The second-order valence-corrected chi connectivity index (χ2v) is 5.88. The van der Waals surface area contributed by atoms with Crippen molar-refractivity contribution in [3.05, 3.63) is 59.7 Å². The third-order valence-corrected chi connectivity index (χ3v) is 3.75. The Morgan fingerprint density at radius 1 is 1.08 bits per heavy atom. The molecule has 2 aromatic rings. The molecule has 0 aliphatic rings. The number of nitrogens with one attached hydrogen (secondary N) is 1. The van der Waals surface area contributed by atoms with Crippen molar-refractivity contribution >= 4 is 23.2 Å². The number of rotatable bonds is 5.